The van der Waals surface area contributed by atoms with Crippen molar-refractivity contribution in [3.8, 4) is 0 Å². The van der Waals surface area contributed by atoms with Gasteiger partial charge in [0.1, 0.15) is 0 Å². The smallest absolute Gasteiger partial charge is 0.214 e. The lowest BCUT2D eigenvalue weighted by atomic mass is 10.3. The number of sulfonamides is 1. The van der Waals surface area contributed by atoms with Crippen LogP contribution in [0.4, 0.5) is 0 Å². The van der Waals surface area contributed by atoms with Gasteiger partial charge in [-0.05, 0) is 30.7 Å². The van der Waals surface area contributed by atoms with E-state index in [1.165, 1.54) is 0 Å². The number of pyridine rings is 1. The summed E-state index contributed by atoms with van der Waals surface area (Å²) in [7, 11) is -3.27. The van der Waals surface area contributed by atoms with Gasteiger partial charge in [0.2, 0.25) is 10.0 Å². The molecule has 0 fully saturated rings. The number of ether oxygens (including phenoxy) is 1. The molecule has 3 rings (SSSR count). The van der Waals surface area contributed by atoms with E-state index < -0.39 is 10.0 Å². The number of rotatable bonds is 6. The molecule has 2 aromatic rings. The van der Waals surface area contributed by atoms with Crippen molar-refractivity contribution in [2.45, 2.75) is 39.1 Å². The molecule has 1 atom stereocenters. The van der Waals surface area contributed by atoms with Crippen LogP contribution in [0.15, 0.2) is 42.7 Å². The third-order valence-electron chi connectivity index (χ3n) is 4.12. The van der Waals surface area contributed by atoms with Crippen LogP contribution in [0.2, 0.25) is 0 Å². The molecule has 2 aromatic heterocycles. The lowest BCUT2D eigenvalue weighted by Crippen LogP contribution is -2.38. The normalized spacial score (nSPS) is 19.0. The van der Waals surface area contributed by atoms with E-state index in [2.05, 4.69) is 9.55 Å². The molecule has 1 aliphatic heterocycles. The summed E-state index contributed by atoms with van der Waals surface area (Å²) in [5, 5.41) is 0. The molecule has 7 heteroatoms. The van der Waals surface area contributed by atoms with Crippen molar-refractivity contribution in [3.63, 3.8) is 0 Å². The zero-order valence-corrected chi connectivity index (χ0v) is 14.7. The molecular weight excluding hydrogens is 326 g/mol. The minimum absolute atomic E-state index is 0.167. The lowest BCUT2D eigenvalue weighted by Gasteiger charge is -2.23. The number of fused-ring (bicyclic) bond motifs is 1. The van der Waals surface area contributed by atoms with Gasteiger partial charge in [0.15, 0.2) is 0 Å². The SMILES string of the molecule is CCCS(=O)(=O)N1Cc2cccn2CC(OCc2ccccn2)C1. The Morgan fingerprint density at radius 2 is 2.12 bits per heavy atom. The van der Waals surface area contributed by atoms with Gasteiger partial charge in [-0.2, -0.15) is 4.31 Å². The van der Waals surface area contributed by atoms with Crippen LogP contribution in [0.3, 0.4) is 0 Å². The molecule has 3 heterocycles. The van der Waals surface area contributed by atoms with E-state index in [4.69, 9.17) is 4.74 Å². The Morgan fingerprint density at radius 3 is 2.88 bits per heavy atom. The van der Waals surface area contributed by atoms with Crippen molar-refractivity contribution >= 4 is 10.0 Å². The minimum atomic E-state index is -3.27. The molecule has 0 saturated carbocycles. The fourth-order valence-electron chi connectivity index (χ4n) is 2.91. The monoisotopic (exact) mass is 349 g/mol. The van der Waals surface area contributed by atoms with Gasteiger partial charge in [0.05, 0.1) is 30.7 Å². The predicted molar refractivity (Wildman–Crippen MR) is 91.7 cm³/mol. The Balaban J connectivity index is 1.76. The van der Waals surface area contributed by atoms with Crippen molar-refractivity contribution in [1.82, 2.24) is 13.9 Å². The maximum absolute atomic E-state index is 12.5. The molecule has 6 nitrogen and oxygen atoms in total. The average Bonchev–Trinajstić information content (AvgIpc) is 2.91. The molecule has 1 aliphatic rings. The van der Waals surface area contributed by atoms with Crippen molar-refractivity contribution in [1.29, 1.82) is 0 Å². The Labute approximate surface area is 143 Å². The highest BCUT2D eigenvalue weighted by Crippen LogP contribution is 2.19. The van der Waals surface area contributed by atoms with Crippen molar-refractivity contribution < 1.29 is 13.2 Å². The number of hydrogen-bond acceptors (Lipinski definition) is 4. The van der Waals surface area contributed by atoms with Gasteiger partial charge in [-0.1, -0.05) is 13.0 Å². The van der Waals surface area contributed by atoms with E-state index in [1.807, 2.05) is 43.5 Å². The third kappa shape index (κ3) is 4.03. The number of aromatic nitrogens is 2. The molecule has 0 aromatic carbocycles. The summed E-state index contributed by atoms with van der Waals surface area (Å²) in [6, 6.07) is 9.60. The first-order valence-corrected chi connectivity index (χ1v) is 9.83. The summed E-state index contributed by atoms with van der Waals surface area (Å²) in [4.78, 5) is 4.25. The second kappa shape index (κ2) is 7.46. The van der Waals surface area contributed by atoms with Crippen molar-refractivity contribution in [2.24, 2.45) is 0 Å². The van der Waals surface area contributed by atoms with E-state index in [0.29, 0.717) is 32.7 Å². The summed E-state index contributed by atoms with van der Waals surface area (Å²) in [6.45, 7) is 3.68. The molecular formula is C17H23N3O3S. The van der Waals surface area contributed by atoms with Crippen LogP contribution in [0.1, 0.15) is 24.7 Å². The standard InChI is InChI=1S/C17H23N3O3S/c1-2-10-24(21,22)20-11-16-7-5-9-19(16)12-17(13-20)23-14-15-6-3-4-8-18-15/h3-9,17H,2,10-14H2,1H3. The van der Waals surface area contributed by atoms with Gasteiger partial charge < -0.3 is 9.30 Å². The highest BCUT2D eigenvalue weighted by molar-refractivity contribution is 7.89. The summed E-state index contributed by atoms with van der Waals surface area (Å²) in [5.41, 5.74) is 1.84. The average molecular weight is 349 g/mol. The van der Waals surface area contributed by atoms with E-state index in [0.717, 1.165) is 11.4 Å². The van der Waals surface area contributed by atoms with Crippen LogP contribution in [-0.2, 0) is 34.5 Å². The Bertz CT molecular complexity index is 758. The van der Waals surface area contributed by atoms with Crippen LogP contribution < -0.4 is 0 Å². The summed E-state index contributed by atoms with van der Waals surface area (Å²) in [6.07, 6.45) is 4.11. The number of nitrogens with zero attached hydrogens (tertiary/aromatic N) is 3. The van der Waals surface area contributed by atoms with Gasteiger partial charge in [-0.3, -0.25) is 4.98 Å². The quantitative estimate of drug-likeness (QED) is 0.800. The maximum atomic E-state index is 12.5. The first-order chi connectivity index (χ1) is 11.6. The predicted octanol–water partition coefficient (Wildman–Crippen LogP) is 2.02. The van der Waals surface area contributed by atoms with Crippen molar-refractivity contribution in [2.75, 3.05) is 12.3 Å². The Kier molecular flexibility index (Phi) is 5.33. The van der Waals surface area contributed by atoms with Gasteiger partial charge in [-0.25, -0.2) is 8.42 Å². The zero-order valence-electron chi connectivity index (χ0n) is 13.8. The Morgan fingerprint density at radius 1 is 1.25 bits per heavy atom. The molecule has 0 bridgehead atoms. The molecule has 0 N–H and O–H groups in total. The topological polar surface area (TPSA) is 64.4 Å². The van der Waals surface area contributed by atoms with Crippen LogP contribution in [-0.4, -0.2) is 40.7 Å². The summed E-state index contributed by atoms with van der Waals surface area (Å²) < 4.78 is 34.7. The van der Waals surface area contributed by atoms with E-state index >= 15 is 0 Å². The van der Waals surface area contributed by atoms with Crippen LogP contribution in [0, 0.1) is 0 Å². The van der Waals surface area contributed by atoms with Crippen LogP contribution in [0.5, 0.6) is 0 Å². The van der Waals surface area contributed by atoms with Gasteiger partial charge >= 0.3 is 0 Å². The molecule has 1 unspecified atom stereocenters. The highest BCUT2D eigenvalue weighted by Gasteiger charge is 2.29. The molecule has 0 saturated heterocycles. The largest absolute Gasteiger partial charge is 0.369 e. The van der Waals surface area contributed by atoms with Gasteiger partial charge in [-0.15, -0.1) is 0 Å². The molecule has 0 spiro atoms. The maximum Gasteiger partial charge on any atom is 0.214 e. The molecule has 0 aliphatic carbocycles. The fraction of sp³-hybridized carbons (Fsp3) is 0.471. The second-order valence-electron chi connectivity index (χ2n) is 6.01. The molecule has 24 heavy (non-hydrogen) atoms. The molecule has 0 radical (unpaired) electrons. The second-order valence-corrected chi connectivity index (χ2v) is 8.10. The Hall–Kier alpha value is -1.70. The first kappa shape index (κ1) is 17.1. The van der Waals surface area contributed by atoms with E-state index in [1.54, 1.807) is 10.5 Å². The van der Waals surface area contributed by atoms with Crippen LogP contribution in [0.25, 0.3) is 0 Å². The summed E-state index contributed by atoms with van der Waals surface area (Å²) >= 11 is 0. The molecule has 130 valence electrons. The molecule has 0 amide bonds. The number of hydrogen-bond donors (Lipinski definition) is 0. The van der Waals surface area contributed by atoms with E-state index in [-0.39, 0.29) is 11.9 Å². The third-order valence-corrected chi connectivity index (χ3v) is 6.11. The van der Waals surface area contributed by atoms with Gasteiger partial charge in [0.25, 0.3) is 0 Å². The lowest BCUT2D eigenvalue weighted by molar-refractivity contribution is 0.0207. The first-order valence-electron chi connectivity index (χ1n) is 8.22. The van der Waals surface area contributed by atoms with Crippen molar-refractivity contribution in [3.05, 3.63) is 54.1 Å². The fourth-order valence-corrected chi connectivity index (χ4v) is 4.41. The van der Waals surface area contributed by atoms with E-state index in [9.17, 15) is 8.42 Å². The zero-order chi connectivity index (χ0) is 17.0. The van der Waals surface area contributed by atoms with Gasteiger partial charge in [0, 0.05) is 31.2 Å². The highest BCUT2D eigenvalue weighted by atomic mass is 32.2. The minimum Gasteiger partial charge on any atom is -0.369 e. The summed E-state index contributed by atoms with van der Waals surface area (Å²) in [5.74, 6) is 0.167. The van der Waals surface area contributed by atoms with Crippen LogP contribution >= 0.6 is 0 Å².